The van der Waals surface area contributed by atoms with Crippen LogP contribution in [0, 0.1) is 0 Å². The number of amides is 2. The van der Waals surface area contributed by atoms with Gasteiger partial charge in [-0.1, -0.05) is 0 Å². The Morgan fingerprint density at radius 2 is 2.07 bits per heavy atom. The standard InChI is InChI=1S/C21H19N5O3S/c1-2-29-20(27)18-12-15-11-16(4-5-17(15)30-18)25-21(28)23-13-14-6-8-22-19(10-14)26-9-3-7-24-26/h3-12H,2,13H2,1H3,(H2,23,25,28). The van der Waals surface area contributed by atoms with E-state index in [-0.39, 0.29) is 12.0 Å². The molecule has 1 aromatic carbocycles. The minimum absolute atomic E-state index is 0.326. The quantitative estimate of drug-likeness (QED) is 0.459. The van der Waals surface area contributed by atoms with Gasteiger partial charge in [0.05, 0.1) is 6.61 Å². The Morgan fingerprint density at radius 1 is 1.17 bits per heavy atom. The number of carbonyl (C=O) groups excluding carboxylic acids is 2. The molecule has 30 heavy (non-hydrogen) atoms. The van der Waals surface area contributed by atoms with Crippen molar-refractivity contribution in [2.45, 2.75) is 13.5 Å². The number of esters is 1. The van der Waals surface area contributed by atoms with Crippen LogP contribution in [-0.4, -0.2) is 33.4 Å². The summed E-state index contributed by atoms with van der Waals surface area (Å²) >= 11 is 1.36. The molecule has 3 heterocycles. The molecule has 8 nitrogen and oxygen atoms in total. The Bertz CT molecular complexity index is 1190. The third-order valence-electron chi connectivity index (χ3n) is 4.25. The van der Waals surface area contributed by atoms with E-state index in [1.165, 1.54) is 11.3 Å². The number of hydrogen-bond donors (Lipinski definition) is 2. The van der Waals surface area contributed by atoms with Gasteiger partial charge in [-0.3, -0.25) is 0 Å². The summed E-state index contributed by atoms with van der Waals surface area (Å²) in [5, 5.41) is 10.7. The van der Waals surface area contributed by atoms with Crippen LogP contribution in [0.15, 0.2) is 61.1 Å². The topological polar surface area (TPSA) is 98.1 Å². The van der Waals surface area contributed by atoms with E-state index in [2.05, 4.69) is 20.7 Å². The molecule has 0 saturated heterocycles. The fraction of sp³-hybridized carbons (Fsp3) is 0.143. The fourth-order valence-corrected chi connectivity index (χ4v) is 3.82. The van der Waals surface area contributed by atoms with Crippen molar-refractivity contribution in [3.63, 3.8) is 0 Å². The van der Waals surface area contributed by atoms with Crippen molar-refractivity contribution in [2.24, 2.45) is 0 Å². The molecule has 4 aromatic rings. The maximum Gasteiger partial charge on any atom is 0.348 e. The van der Waals surface area contributed by atoms with Crippen molar-refractivity contribution < 1.29 is 14.3 Å². The van der Waals surface area contributed by atoms with Gasteiger partial charge in [-0.25, -0.2) is 19.3 Å². The van der Waals surface area contributed by atoms with E-state index in [9.17, 15) is 9.59 Å². The monoisotopic (exact) mass is 421 g/mol. The maximum absolute atomic E-state index is 12.3. The van der Waals surface area contributed by atoms with Crippen LogP contribution in [0.3, 0.4) is 0 Å². The zero-order chi connectivity index (χ0) is 20.9. The second kappa shape index (κ2) is 8.75. The van der Waals surface area contributed by atoms with Gasteiger partial charge in [-0.05, 0) is 60.3 Å². The summed E-state index contributed by atoms with van der Waals surface area (Å²) in [5.41, 5.74) is 1.54. The van der Waals surface area contributed by atoms with Crippen LogP contribution in [-0.2, 0) is 11.3 Å². The van der Waals surface area contributed by atoms with Crippen molar-refractivity contribution in [3.8, 4) is 5.82 Å². The van der Waals surface area contributed by atoms with Crippen molar-refractivity contribution in [1.82, 2.24) is 20.1 Å². The number of pyridine rings is 1. The second-order valence-corrected chi connectivity index (χ2v) is 7.45. The molecule has 0 fully saturated rings. The highest BCUT2D eigenvalue weighted by molar-refractivity contribution is 7.20. The zero-order valence-electron chi connectivity index (χ0n) is 16.2. The summed E-state index contributed by atoms with van der Waals surface area (Å²) in [4.78, 5) is 29.0. The number of ether oxygens (including phenoxy) is 1. The van der Waals surface area contributed by atoms with Crippen LogP contribution in [0.25, 0.3) is 15.9 Å². The molecule has 0 saturated carbocycles. The number of hydrogen-bond acceptors (Lipinski definition) is 6. The lowest BCUT2D eigenvalue weighted by Gasteiger charge is -2.09. The van der Waals surface area contributed by atoms with Gasteiger partial charge < -0.3 is 15.4 Å². The Hall–Kier alpha value is -3.72. The molecule has 2 N–H and O–H groups in total. The number of thiophene rings is 1. The molecular weight excluding hydrogens is 402 g/mol. The molecule has 0 spiro atoms. The average molecular weight is 421 g/mol. The zero-order valence-corrected chi connectivity index (χ0v) is 17.0. The number of anilines is 1. The van der Waals surface area contributed by atoms with Gasteiger partial charge in [0.25, 0.3) is 0 Å². The molecule has 0 radical (unpaired) electrons. The molecule has 0 aliphatic carbocycles. The smallest absolute Gasteiger partial charge is 0.348 e. The van der Waals surface area contributed by atoms with Crippen molar-refractivity contribution >= 4 is 39.1 Å². The van der Waals surface area contributed by atoms with Gasteiger partial charge in [0, 0.05) is 35.5 Å². The van der Waals surface area contributed by atoms with Gasteiger partial charge in [0.15, 0.2) is 5.82 Å². The van der Waals surface area contributed by atoms with Crippen LogP contribution in [0.4, 0.5) is 10.5 Å². The minimum atomic E-state index is -0.335. The third kappa shape index (κ3) is 4.47. The van der Waals surface area contributed by atoms with Gasteiger partial charge >= 0.3 is 12.0 Å². The van der Waals surface area contributed by atoms with Gasteiger partial charge in [-0.15, -0.1) is 11.3 Å². The SMILES string of the molecule is CCOC(=O)c1cc2cc(NC(=O)NCc3ccnc(-n4cccn4)c3)ccc2s1. The van der Waals surface area contributed by atoms with Crippen molar-refractivity contribution in [2.75, 3.05) is 11.9 Å². The molecule has 9 heteroatoms. The number of nitrogens with zero attached hydrogens (tertiary/aromatic N) is 3. The maximum atomic E-state index is 12.3. The van der Waals surface area contributed by atoms with E-state index in [1.54, 1.807) is 42.3 Å². The molecule has 0 bridgehead atoms. The lowest BCUT2D eigenvalue weighted by Crippen LogP contribution is -2.28. The first-order chi connectivity index (χ1) is 14.6. The normalized spacial score (nSPS) is 10.7. The van der Waals surface area contributed by atoms with Gasteiger partial charge in [-0.2, -0.15) is 5.10 Å². The minimum Gasteiger partial charge on any atom is -0.462 e. The van der Waals surface area contributed by atoms with E-state index in [0.717, 1.165) is 15.6 Å². The molecule has 152 valence electrons. The Labute approximate surface area is 176 Å². The molecule has 0 unspecified atom stereocenters. The number of urea groups is 1. The molecule has 0 aliphatic heterocycles. The molecule has 3 aromatic heterocycles. The van der Waals surface area contributed by atoms with Crippen molar-refractivity contribution in [1.29, 1.82) is 0 Å². The summed E-state index contributed by atoms with van der Waals surface area (Å²) < 4.78 is 7.65. The van der Waals surface area contributed by atoms with Crippen LogP contribution < -0.4 is 10.6 Å². The highest BCUT2D eigenvalue weighted by Gasteiger charge is 2.12. The van der Waals surface area contributed by atoms with Gasteiger partial charge in [0.1, 0.15) is 4.88 Å². The average Bonchev–Trinajstić information content (AvgIpc) is 3.42. The largest absolute Gasteiger partial charge is 0.462 e. The second-order valence-electron chi connectivity index (χ2n) is 6.36. The predicted octanol–water partition coefficient (Wildman–Crippen LogP) is 3.98. The molecule has 4 rings (SSSR count). The summed E-state index contributed by atoms with van der Waals surface area (Å²) in [5.74, 6) is 0.345. The molecule has 2 amide bonds. The lowest BCUT2D eigenvalue weighted by atomic mass is 10.2. The number of nitrogens with one attached hydrogen (secondary N) is 2. The van der Waals surface area contributed by atoms with Gasteiger partial charge in [0.2, 0.25) is 0 Å². The summed E-state index contributed by atoms with van der Waals surface area (Å²) in [6, 6.07) is 12.5. The number of aromatic nitrogens is 3. The predicted molar refractivity (Wildman–Crippen MR) is 115 cm³/mol. The molecular formula is C21H19N5O3S. The first-order valence-electron chi connectivity index (χ1n) is 9.33. The van der Waals surface area contributed by atoms with E-state index in [4.69, 9.17) is 4.74 Å². The highest BCUT2D eigenvalue weighted by atomic mass is 32.1. The first kappa shape index (κ1) is 19.6. The number of rotatable bonds is 6. The fourth-order valence-electron chi connectivity index (χ4n) is 2.88. The van der Waals surface area contributed by atoms with Crippen LogP contribution >= 0.6 is 11.3 Å². The van der Waals surface area contributed by atoms with E-state index >= 15 is 0 Å². The van der Waals surface area contributed by atoms with Crippen LogP contribution in [0.2, 0.25) is 0 Å². The third-order valence-corrected chi connectivity index (χ3v) is 5.35. The summed E-state index contributed by atoms with van der Waals surface area (Å²) in [6.07, 6.45) is 5.16. The lowest BCUT2D eigenvalue weighted by molar-refractivity contribution is 0.0532. The first-order valence-corrected chi connectivity index (χ1v) is 10.1. The van der Waals surface area contributed by atoms with E-state index < -0.39 is 0 Å². The van der Waals surface area contributed by atoms with Crippen LogP contribution in [0.1, 0.15) is 22.2 Å². The number of benzene rings is 1. The van der Waals surface area contributed by atoms with E-state index in [1.807, 2.05) is 30.3 Å². The number of fused-ring (bicyclic) bond motifs is 1. The Balaban J connectivity index is 1.38. The van der Waals surface area contributed by atoms with Crippen LogP contribution in [0.5, 0.6) is 0 Å². The molecule has 0 atom stereocenters. The van der Waals surface area contributed by atoms with Crippen molar-refractivity contribution in [3.05, 3.63) is 71.5 Å². The van der Waals surface area contributed by atoms with E-state index in [0.29, 0.717) is 29.5 Å². The Kier molecular flexibility index (Phi) is 5.71. The molecule has 0 aliphatic rings. The Morgan fingerprint density at radius 3 is 2.87 bits per heavy atom. The number of carbonyl (C=O) groups is 2. The highest BCUT2D eigenvalue weighted by Crippen LogP contribution is 2.28. The summed E-state index contributed by atoms with van der Waals surface area (Å²) in [6.45, 7) is 2.45. The summed E-state index contributed by atoms with van der Waals surface area (Å²) in [7, 11) is 0.